The molecule has 1 aliphatic heterocycles. The molecule has 1 saturated carbocycles. The standard InChI is InChI=1S/C24H30N2O2S/c1-19(21-14-17-26(18-15-21)22-7-3-2-4-8-22)20-10-12-23(13-11-20)29(27,28)24-9-5-6-16-25-24/h5-6,9-13,16,21-22H,1-4,7-8,14-15,17-18H2. The highest BCUT2D eigenvalue weighted by Crippen LogP contribution is 2.34. The summed E-state index contributed by atoms with van der Waals surface area (Å²) < 4.78 is 25.4. The molecule has 4 nitrogen and oxygen atoms in total. The zero-order valence-corrected chi connectivity index (χ0v) is 17.8. The molecule has 2 aromatic rings. The maximum absolute atomic E-state index is 12.7. The van der Waals surface area contributed by atoms with Gasteiger partial charge in [-0.25, -0.2) is 13.4 Å². The minimum absolute atomic E-state index is 0.0849. The minimum Gasteiger partial charge on any atom is -0.300 e. The second-order valence-corrected chi connectivity index (χ2v) is 10.2. The molecule has 0 spiro atoms. The quantitative estimate of drug-likeness (QED) is 0.698. The van der Waals surface area contributed by atoms with E-state index in [-0.39, 0.29) is 9.92 Å². The molecule has 4 rings (SSSR count). The first-order valence-corrected chi connectivity index (χ1v) is 12.2. The van der Waals surface area contributed by atoms with Gasteiger partial charge in [0, 0.05) is 12.2 Å². The molecule has 1 aromatic carbocycles. The summed E-state index contributed by atoms with van der Waals surface area (Å²) in [5.74, 6) is 0.480. The summed E-state index contributed by atoms with van der Waals surface area (Å²) >= 11 is 0. The molecular weight excluding hydrogens is 380 g/mol. The molecule has 5 heteroatoms. The first-order chi connectivity index (χ1) is 14.1. The Morgan fingerprint density at radius 3 is 2.24 bits per heavy atom. The van der Waals surface area contributed by atoms with Crippen molar-refractivity contribution in [3.63, 3.8) is 0 Å². The second-order valence-electron chi connectivity index (χ2n) is 8.32. The number of hydrogen-bond donors (Lipinski definition) is 0. The van der Waals surface area contributed by atoms with Crippen molar-refractivity contribution in [3.8, 4) is 0 Å². The average molecular weight is 411 g/mol. The molecule has 2 fully saturated rings. The Morgan fingerprint density at radius 1 is 0.931 bits per heavy atom. The van der Waals surface area contributed by atoms with E-state index in [1.165, 1.54) is 44.4 Å². The third-order valence-electron chi connectivity index (χ3n) is 6.56. The van der Waals surface area contributed by atoms with Crippen LogP contribution in [0.25, 0.3) is 5.57 Å². The van der Waals surface area contributed by atoms with Crippen LogP contribution >= 0.6 is 0 Å². The molecule has 0 bridgehead atoms. The van der Waals surface area contributed by atoms with Crippen LogP contribution in [0.1, 0.15) is 50.5 Å². The number of pyridine rings is 1. The monoisotopic (exact) mass is 410 g/mol. The van der Waals surface area contributed by atoms with E-state index in [2.05, 4.69) is 16.5 Å². The number of nitrogens with zero attached hydrogens (tertiary/aromatic N) is 2. The Morgan fingerprint density at radius 2 is 1.62 bits per heavy atom. The lowest BCUT2D eigenvalue weighted by molar-refractivity contribution is 0.119. The number of rotatable bonds is 5. The lowest BCUT2D eigenvalue weighted by Gasteiger charge is -2.39. The van der Waals surface area contributed by atoms with Crippen molar-refractivity contribution in [1.29, 1.82) is 0 Å². The van der Waals surface area contributed by atoms with Crippen molar-refractivity contribution in [2.75, 3.05) is 13.1 Å². The first-order valence-electron chi connectivity index (χ1n) is 10.7. The molecule has 2 heterocycles. The van der Waals surface area contributed by atoms with Crippen molar-refractivity contribution in [1.82, 2.24) is 9.88 Å². The Balaban J connectivity index is 1.40. The highest BCUT2D eigenvalue weighted by Gasteiger charge is 2.27. The summed E-state index contributed by atoms with van der Waals surface area (Å²) in [6.07, 6.45) is 10.7. The number of piperidine rings is 1. The van der Waals surface area contributed by atoms with Crippen molar-refractivity contribution in [3.05, 3.63) is 60.8 Å². The Bertz CT molecular complexity index is 925. The largest absolute Gasteiger partial charge is 0.300 e. The van der Waals surface area contributed by atoms with Crippen LogP contribution in [-0.4, -0.2) is 37.4 Å². The predicted molar refractivity (Wildman–Crippen MR) is 116 cm³/mol. The van der Waals surface area contributed by atoms with Crippen LogP contribution < -0.4 is 0 Å². The lowest BCUT2D eigenvalue weighted by atomic mass is 9.84. The van der Waals surface area contributed by atoms with Gasteiger partial charge in [0.05, 0.1) is 4.90 Å². The molecule has 1 saturated heterocycles. The zero-order chi connectivity index (χ0) is 20.3. The number of sulfone groups is 1. The van der Waals surface area contributed by atoms with E-state index in [9.17, 15) is 8.42 Å². The molecule has 1 aliphatic carbocycles. The summed E-state index contributed by atoms with van der Waals surface area (Å²) in [6, 6.07) is 12.9. The van der Waals surface area contributed by atoms with Crippen LogP contribution in [0.2, 0.25) is 0 Å². The molecule has 1 aromatic heterocycles. The third kappa shape index (κ3) is 4.46. The van der Waals surface area contributed by atoms with E-state index < -0.39 is 9.84 Å². The first kappa shape index (κ1) is 20.3. The Hall–Kier alpha value is -1.98. The molecular formula is C24H30N2O2S. The normalized spacial score (nSPS) is 19.9. The van der Waals surface area contributed by atoms with E-state index in [0.29, 0.717) is 5.92 Å². The van der Waals surface area contributed by atoms with E-state index >= 15 is 0 Å². The molecule has 0 atom stereocenters. The van der Waals surface area contributed by atoms with E-state index in [0.717, 1.165) is 43.1 Å². The van der Waals surface area contributed by atoms with Crippen molar-refractivity contribution in [2.24, 2.45) is 5.92 Å². The van der Waals surface area contributed by atoms with Gasteiger partial charge in [0.1, 0.15) is 0 Å². The Kier molecular flexibility index (Phi) is 6.16. The summed E-state index contributed by atoms with van der Waals surface area (Å²) in [5.41, 5.74) is 2.18. The van der Waals surface area contributed by atoms with E-state index in [4.69, 9.17) is 0 Å². The summed E-state index contributed by atoms with van der Waals surface area (Å²) in [4.78, 5) is 6.96. The molecule has 29 heavy (non-hydrogen) atoms. The molecule has 0 N–H and O–H groups in total. The van der Waals surface area contributed by atoms with Gasteiger partial charge in [0.15, 0.2) is 5.03 Å². The van der Waals surface area contributed by atoms with Crippen LogP contribution in [0, 0.1) is 5.92 Å². The van der Waals surface area contributed by atoms with Gasteiger partial charge in [-0.1, -0.05) is 44.0 Å². The maximum Gasteiger partial charge on any atom is 0.223 e. The van der Waals surface area contributed by atoms with E-state index in [1.54, 1.807) is 24.3 Å². The van der Waals surface area contributed by atoms with Crippen LogP contribution in [0.15, 0.2) is 65.2 Å². The number of aromatic nitrogens is 1. The van der Waals surface area contributed by atoms with Gasteiger partial charge in [-0.05, 0) is 80.1 Å². The van der Waals surface area contributed by atoms with Gasteiger partial charge in [0.2, 0.25) is 9.84 Å². The van der Waals surface area contributed by atoms with Gasteiger partial charge in [-0.3, -0.25) is 0 Å². The molecule has 0 amide bonds. The van der Waals surface area contributed by atoms with Gasteiger partial charge in [-0.15, -0.1) is 0 Å². The topological polar surface area (TPSA) is 50.3 Å². The fourth-order valence-electron chi connectivity index (χ4n) is 4.77. The fourth-order valence-corrected chi connectivity index (χ4v) is 5.96. The van der Waals surface area contributed by atoms with Crippen LogP contribution in [0.3, 0.4) is 0 Å². The smallest absolute Gasteiger partial charge is 0.223 e. The molecule has 154 valence electrons. The maximum atomic E-state index is 12.7. The summed E-state index contributed by atoms with van der Waals surface area (Å²) in [5, 5.41) is 0.0849. The molecule has 0 unspecified atom stereocenters. The number of likely N-dealkylation sites (tertiary alicyclic amines) is 1. The molecule has 2 aliphatic rings. The van der Waals surface area contributed by atoms with Crippen LogP contribution in [0.4, 0.5) is 0 Å². The molecule has 0 radical (unpaired) electrons. The van der Waals surface area contributed by atoms with Gasteiger partial charge in [0.25, 0.3) is 0 Å². The number of hydrogen-bond acceptors (Lipinski definition) is 4. The highest BCUT2D eigenvalue weighted by atomic mass is 32.2. The predicted octanol–water partition coefficient (Wildman–Crippen LogP) is 4.97. The second kappa shape index (κ2) is 8.80. The van der Waals surface area contributed by atoms with Crippen molar-refractivity contribution < 1.29 is 8.42 Å². The van der Waals surface area contributed by atoms with Gasteiger partial charge < -0.3 is 4.90 Å². The Labute approximate surface area is 174 Å². The van der Waals surface area contributed by atoms with Crippen molar-refractivity contribution >= 4 is 15.4 Å². The highest BCUT2D eigenvalue weighted by molar-refractivity contribution is 7.91. The minimum atomic E-state index is -3.57. The SMILES string of the molecule is C=C(c1ccc(S(=O)(=O)c2ccccn2)cc1)C1CCN(C2CCCCC2)CC1. The summed E-state index contributed by atoms with van der Waals surface area (Å²) in [6.45, 7) is 6.66. The van der Waals surface area contributed by atoms with Crippen LogP contribution in [0.5, 0.6) is 0 Å². The average Bonchev–Trinajstić information content (AvgIpc) is 2.80. The van der Waals surface area contributed by atoms with Gasteiger partial charge >= 0.3 is 0 Å². The number of benzene rings is 1. The lowest BCUT2D eigenvalue weighted by Crippen LogP contribution is -2.42. The van der Waals surface area contributed by atoms with Crippen molar-refractivity contribution in [2.45, 2.75) is 60.9 Å². The number of allylic oxidation sites excluding steroid dienone is 1. The third-order valence-corrected chi connectivity index (χ3v) is 8.25. The summed E-state index contributed by atoms with van der Waals surface area (Å²) in [7, 11) is -3.57. The fraction of sp³-hybridized carbons (Fsp3) is 0.458. The van der Waals surface area contributed by atoms with Gasteiger partial charge in [-0.2, -0.15) is 0 Å². The zero-order valence-electron chi connectivity index (χ0n) is 17.0. The van der Waals surface area contributed by atoms with Crippen LogP contribution in [-0.2, 0) is 9.84 Å². The van der Waals surface area contributed by atoms with E-state index in [1.807, 2.05) is 12.1 Å².